The van der Waals surface area contributed by atoms with E-state index in [1.54, 1.807) is 0 Å². The first-order valence-corrected chi connectivity index (χ1v) is 5.53. The van der Waals surface area contributed by atoms with Gasteiger partial charge in [-0.2, -0.15) is 13.2 Å². The minimum absolute atomic E-state index is 0.0680. The summed E-state index contributed by atoms with van der Waals surface area (Å²) in [6, 6.07) is 3.72. The molecule has 94 valence electrons. The monoisotopic (exact) mass is 265 g/mol. The van der Waals surface area contributed by atoms with Crippen LogP contribution in [0.1, 0.15) is 18.4 Å². The maximum absolute atomic E-state index is 12.6. The summed E-state index contributed by atoms with van der Waals surface area (Å²) in [5, 5.41) is -0.388. The molecule has 0 amide bonds. The number of rotatable bonds is 2. The van der Waals surface area contributed by atoms with Crippen LogP contribution in [0.2, 0.25) is 5.02 Å². The van der Waals surface area contributed by atoms with E-state index < -0.39 is 11.7 Å². The van der Waals surface area contributed by atoms with Crippen molar-refractivity contribution in [1.29, 1.82) is 0 Å². The van der Waals surface area contributed by atoms with Crippen LogP contribution in [0.3, 0.4) is 0 Å². The molecule has 0 atom stereocenters. The van der Waals surface area contributed by atoms with Gasteiger partial charge in [-0.15, -0.1) is 0 Å². The molecule has 0 spiro atoms. The minimum atomic E-state index is -4.47. The van der Waals surface area contributed by atoms with Crippen molar-refractivity contribution in [2.24, 2.45) is 5.73 Å². The quantitative estimate of drug-likeness (QED) is 0.891. The average molecular weight is 266 g/mol. The fraction of sp³-hybridized carbons (Fsp3) is 0.455. The number of benzene rings is 1. The van der Waals surface area contributed by atoms with Gasteiger partial charge in [0.25, 0.3) is 0 Å². The topological polar surface area (TPSA) is 35.2 Å². The first kappa shape index (κ1) is 12.5. The molecule has 0 aliphatic heterocycles. The number of alkyl halides is 3. The standard InChI is InChI=1S/C11H11ClF3NO/c12-10-8(11(13,14)15)2-1-3-9(10)17-7-4-6(16)5-7/h1-3,6-7H,4-5,16H2. The van der Waals surface area contributed by atoms with Crippen LogP contribution in [0, 0.1) is 0 Å². The molecule has 1 aromatic rings. The van der Waals surface area contributed by atoms with E-state index >= 15 is 0 Å². The van der Waals surface area contributed by atoms with Gasteiger partial charge in [0.1, 0.15) is 11.9 Å². The number of halogens is 4. The highest BCUT2D eigenvalue weighted by atomic mass is 35.5. The largest absolute Gasteiger partial charge is 0.489 e. The molecule has 2 N–H and O–H groups in total. The highest BCUT2D eigenvalue weighted by Crippen LogP contribution is 2.40. The molecule has 1 aromatic carbocycles. The van der Waals surface area contributed by atoms with Gasteiger partial charge in [0.2, 0.25) is 0 Å². The number of hydrogen-bond acceptors (Lipinski definition) is 2. The Bertz CT molecular complexity index is 416. The smallest absolute Gasteiger partial charge is 0.417 e. The van der Waals surface area contributed by atoms with E-state index in [0.29, 0.717) is 12.8 Å². The lowest BCUT2D eigenvalue weighted by Crippen LogP contribution is -2.43. The van der Waals surface area contributed by atoms with Crippen molar-refractivity contribution < 1.29 is 17.9 Å². The summed E-state index contributed by atoms with van der Waals surface area (Å²) in [5.41, 5.74) is 4.69. The third kappa shape index (κ3) is 2.66. The Morgan fingerprint density at radius 2 is 1.94 bits per heavy atom. The van der Waals surface area contributed by atoms with Crippen LogP contribution >= 0.6 is 11.6 Å². The molecule has 2 nitrogen and oxygen atoms in total. The maximum Gasteiger partial charge on any atom is 0.417 e. The zero-order valence-electron chi connectivity index (χ0n) is 8.80. The van der Waals surface area contributed by atoms with Gasteiger partial charge in [0.05, 0.1) is 10.6 Å². The zero-order chi connectivity index (χ0) is 12.6. The molecule has 0 aromatic heterocycles. The van der Waals surface area contributed by atoms with E-state index in [1.807, 2.05) is 0 Å². The summed E-state index contributed by atoms with van der Waals surface area (Å²) >= 11 is 5.68. The third-order valence-electron chi connectivity index (χ3n) is 2.69. The Balaban J connectivity index is 2.18. The summed E-state index contributed by atoms with van der Waals surface area (Å²) in [6.45, 7) is 0. The van der Waals surface area contributed by atoms with Gasteiger partial charge in [-0.3, -0.25) is 0 Å². The molecule has 6 heteroatoms. The lowest BCUT2D eigenvalue weighted by Gasteiger charge is -2.33. The molecule has 1 saturated carbocycles. The van der Waals surface area contributed by atoms with Crippen LogP contribution in [0.5, 0.6) is 5.75 Å². The van der Waals surface area contributed by atoms with E-state index in [1.165, 1.54) is 12.1 Å². The second-order valence-electron chi connectivity index (χ2n) is 4.09. The van der Waals surface area contributed by atoms with Crippen molar-refractivity contribution in [2.75, 3.05) is 0 Å². The second kappa shape index (κ2) is 4.38. The Kier molecular flexibility index (Phi) is 3.23. The molecule has 17 heavy (non-hydrogen) atoms. The number of nitrogens with two attached hydrogens (primary N) is 1. The lowest BCUT2D eigenvalue weighted by molar-refractivity contribution is -0.137. The highest BCUT2D eigenvalue weighted by Gasteiger charge is 2.35. The molecule has 1 fully saturated rings. The molecular formula is C11H11ClF3NO. The molecule has 0 radical (unpaired) electrons. The van der Waals surface area contributed by atoms with Crippen molar-refractivity contribution in [3.63, 3.8) is 0 Å². The molecule has 1 aliphatic carbocycles. The minimum Gasteiger partial charge on any atom is -0.489 e. The van der Waals surface area contributed by atoms with Crippen molar-refractivity contribution >= 4 is 11.6 Å². The SMILES string of the molecule is NC1CC(Oc2cccc(C(F)(F)F)c2Cl)C1. The number of hydrogen-bond donors (Lipinski definition) is 1. The summed E-state index contributed by atoms with van der Waals surface area (Å²) in [7, 11) is 0. The van der Waals surface area contributed by atoms with E-state index in [2.05, 4.69) is 0 Å². The summed E-state index contributed by atoms with van der Waals surface area (Å²) in [5.74, 6) is 0.0680. The first-order valence-electron chi connectivity index (χ1n) is 5.16. The van der Waals surface area contributed by atoms with Crippen LogP contribution in [0.25, 0.3) is 0 Å². The summed E-state index contributed by atoms with van der Waals surface area (Å²) < 4.78 is 43.1. The van der Waals surface area contributed by atoms with Gasteiger partial charge in [-0.05, 0) is 25.0 Å². The van der Waals surface area contributed by atoms with Crippen molar-refractivity contribution in [3.05, 3.63) is 28.8 Å². The van der Waals surface area contributed by atoms with Crippen LogP contribution in [0.15, 0.2) is 18.2 Å². The Labute approximate surface area is 102 Å². The molecule has 0 unspecified atom stereocenters. The van der Waals surface area contributed by atoms with Gasteiger partial charge in [-0.25, -0.2) is 0 Å². The normalized spacial score (nSPS) is 24.3. The molecule has 0 heterocycles. The molecular weight excluding hydrogens is 255 g/mol. The van der Waals surface area contributed by atoms with Crippen LogP contribution in [0.4, 0.5) is 13.2 Å². The predicted octanol–water partition coefficient (Wildman–Crippen LogP) is 3.23. The van der Waals surface area contributed by atoms with E-state index in [9.17, 15) is 13.2 Å². The Hall–Kier alpha value is -0.940. The molecule has 1 aliphatic rings. The van der Waals surface area contributed by atoms with Crippen molar-refractivity contribution in [3.8, 4) is 5.75 Å². The molecule has 0 saturated heterocycles. The van der Waals surface area contributed by atoms with Gasteiger partial charge >= 0.3 is 6.18 Å². The predicted molar refractivity (Wildman–Crippen MR) is 58.1 cm³/mol. The summed E-state index contributed by atoms with van der Waals surface area (Å²) in [6.07, 6.45) is -3.31. The van der Waals surface area contributed by atoms with Gasteiger partial charge in [0.15, 0.2) is 0 Å². The van der Waals surface area contributed by atoms with Gasteiger partial charge in [0, 0.05) is 6.04 Å². The van der Waals surface area contributed by atoms with Crippen LogP contribution in [-0.2, 0) is 6.18 Å². The highest BCUT2D eigenvalue weighted by molar-refractivity contribution is 6.32. The van der Waals surface area contributed by atoms with Crippen LogP contribution in [-0.4, -0.2) is 12.1 Å². The van der Waals surface area contributed by atoms with Crippen LogP contribution < -0.4 is 10.5 Å². The zero-order valence-corrected chi connectivity index (χ0v) is 9.55. The fourth-order valence-corrected chi connectivity index (χ4v) is 1.98. The Morgan fingerprint density at radius 3 is 2.47 bits per heavy atom. The van der Waals surface area contributed by atoms with Crippen molar-refractivity contribution in [2.45, 2.75) is 31.2 Å². The fourth-order valence-electron chi connectivity index (χ4n) is 1.70. The van der Waals surface area contributed by atoms with Gasteiger partial charge in [-0.1, -0.05) is 17.7 Å². The number of ether oxygens (including phenoxy) is 1. The van der Waals surface area contributed by atoms with E-state index in [-0.39, 0.29) is 22.9 Å². The first-order chi connectivity index (χ1) is 7.88. The van der Waals surface area contributed by atoms with E-state index in [4.69, 9.17) is 22.1 Å². The second-order valence-corrected chi connectivity index (χ2v) is 4.46. The third-order valence-corrected chi connectivity index (χ3v) is 3.08. The lowest BCUT2D eigenvalue weighted by atomic mass is 9.90. The average Bonchev–Trinajstić information content (AvgIpc) is 2.16. The molecule has 2 rings (SSSR count). The summed E-state index contributed by atoms with van der Waals surface area (Å²) in [4.78, 5) is 0. The van der Waals surface area contributed by atoms with E-state index in [0.717, 1.165) is 6.07 Å². The maximum atomic E-state index is 12.6. The Morgan fingerprint density at radius 1 is 1.29 bits per heavy atom. The van der Waals surface area contributed by atoms with Gasteiger partial charge < -0.3 is 10.5 Å². The van der Waals surface area contributed by atoms with Crippen molar-refractivity contribution in [1.82, 2.24) is 0 Å². The molecule has 0 bridgehead atoms.